The van der Waals surface area contributed by atoms with Crippen LogP contribution >= 0.6 is 0 Å². The van der Waals surface area contributed by atoms with E-state index in [9.17, 15) is 4.79 Å². The minimum Gasteiger partial charge on any atom is -0.305 e. The molecule has 0 bridgehead atoms. The lowest BCUT2D eigenvalue weighted by atomic mass is 10.1. The summed E-state index contributed by atoms with van der Waals surface area (Å²) in [4.78, 5) is 12.3. The van der Waals surface area contributed by atoms with E-state index >= 15 is 0 Å². The minimum atomic E-state index is -0.135. The average molecular weight is 305 g/mol. The zero-order valence-electron chi connectivity index (χ0n) is 13.3. The van der Waals surface area contributed by atoms with Gasteiger partial charge < -0.3 is 5.32 Å². The van der Waals surface area contributed by atoms with Crippen LogP contribution in [0.5, 0.6) is 0 Å². The van der Waals surface area contributed by atoms with Crippen molar-refractivity contribution >= 4 is 11.7 Å². The maximum absolute atomic E-state index is 12.3. The standard InChI is InChI=1S/C19H19N3O/c1-14-7-3-5-9-16(14)13-22-12-11-18(21-22)20-19(23)17-10-6-4-8-15(17)2/h3-12H,13H2,1-2H3,(H,20,21,23). The number of anilines is 1. The molecule has 0 atom stereocenters. The molecule has 3 rings (SSSR count). The topological polar surface area (TPSA) is 46.9 Å². The molecule has 0 aliphatic heterocycles. The zero-order valence-corrected chi connectivity index (χ0v) is 13.3. The summed E-state index contributed by atoms with van der Waals surface area (Å²) in [6, 6.07) is 17.5. The molecule has 0 aliphatic rings. The highest BCUT2D eigenvalue weighted by Gasteiger charge is 2.10. The SMILES string of the molecule is Cc1ccccc1Cn1ccc(NC(=O)c2ccccc2C)n1. The molecule has 3 aromatic rings. The molecule has 4 nitrogen and oxygen atoms in total. The maximum atomic E-state index is 12.3. The Kier molecular flexibility index (Phi) is 4.24. The summed E-state index contributed by atoms with van der Waals surface area (Å²) in [5.41, 5.74) is 4.06. The quantitative estimate of drug-likeness (QED) is 0.797. The van der Waals surface area contributed by atoms with Crippen molar-refractivity contribution in [3.63, 3.8) is 0 Å². The van der Waals surface area contributed by atoms with Crippen molar-refractivity contribution in [2.45, 2.75) is 20.4 Å². The lowest BCUT2D eigenvalue weighted by Crippen LogP contribution is -2.14. The number of nitrogens with one attached hydrogen (secondary N) is 1. The van der Waals surface area contributed by atoms with Crippen LogP contribution in [-0.2, 0) is 6.54 Å². The van der Waals surface area contributed by atoms with Gasteiger partial charge in [-0.2, -0.15) is 5.10 Å². The third kappa shape index (κ3) is 3.48. The van der Waals surface area contributed by atoms with E-state index < -0.39 is 0 Å². The fourth-order valence-corrected chi connectivity index (χ4v) is 2.49. The van der Waals surface area contributed by atoms with E-state index in [1.54, 1.807) is 0 Å². The third-order valence-electron chi connectivity index (χ3n) is 3.87. The summed E-state index contributed by atoms with van der Waals surface area (Å²) in [5.74, 6) is 0.427. The summed E-state index contributed by atoms with van der Waals surface area (Å²) in [6.07, 6.45) is 1.87. The lowest BCUT2D eigenvalue weighted by molar-refractivity contribution is 0.102. The van der Waals surface area contributed by atoms with Gasteiger partial charge in [-0.3, -0.25) is 9.48 Å². The van der Waals surface area contributed by atoms with Gasteiger partial charge in [-0.25, -0.2) is 0 Å². The molecule has 0 saturated heterocycles. The number of amides is 1. The Morgan fingerprint density at radius 2 is 1.70 bits per heavy atom. The molecule has 1 N–H and O–H groups in total. The highest BCUT2D eigenvalue weighted by atomic mass is 16.1. The second-order valence-electron chi connectivity index (χ2n) is 5.59. The highest BCUT2D eigenvalue weighted by Crippen LogP contribution is 2.13. The number of rotatable bonds is 4. The molecule has 1 amide bonds. The first-order chi connectivity index (χ1) is 11.1. The molecule has 116 valence electrons. The molecule has 0 fully saturated rings. The van der Waals surface area contributed by atoms with E-state index in [1.807, 2.05) is 60.3 Å². The Labute approximate surface area is 135 Å². The average Bonchev–Trinajstić information content (AvgIpc) is 2.97. The molecule has 2 aromatic carbocycles. The number of carbonyl (C=O) groups excluding carboxylic acids is 1. The van der Waals surface area contributed by atoms with Crippen LogP contribution in [0.2, 0.25) is 0 Å². The molecule has 0 aliphatic carbocycles. The van der Waals surface area contributed by atoms with Crippen LogP contribution in [0.4, 0.5) is 5.82 Å². The van der Waals surface area contributed by atoms with E-state index in [0.29, 0.717) is 17.9 Å². The minimum absolute atomic E-state index is 0.135. The predicted molar refractivity (Wildman–Crippen MR) is 91.6 cm³/mol. The van der Waals surface area contributed by atoms with Crippen molar-refractivity contribution in [3.8, 4) is 0 Å². The van der Waals surface area contributed by atoms with Gasteiger partial charge >= 0.3 is 0 Å². The molecule has 4 heteroatoms. The van der Waals surface area contributed by atoms with Crippen LogP contribution in [0, 0.1) is 13.8 Å². The van der Waals surface area contributed by atoms with Gasteiger partial charge in [0, 0.05) is 17.8 Å². The molecular weight excluding hydrogens is 286 g/mol. The van der Waals surface area contributed by atoms with Crippen LogP contribution in [0.25, 0.3) is 0 Å². The molecule has 0 radical (unpaired) electrons. The van der Waals surface area contributed by atoms with Crippen molar-refractivity contribution in [2.24, 2.45) is 0 Å². The number of hydrogen-bond donors (Lipinski definition) is 1. The Morgan fingerprint density at radius 1 is 1.00 bits per heavy atom. The van der Waals surface area contributed by atoms with Gasteiger partial charge in [0.1, 0.15) is 0 Å². The molecule has 23 heavy (non-hydrogen) atoms. The molecule has 0 saturated carbocycles. The summed E-state index contributed by atoms with van der Waals surface area (Å²) >= 11 is 0. The van der Waals surface area contributed by atoms with Crippen molar-refractivity contribution in [2.75, 3.05) is 5.32 Å². The van der Waals surface area contributed by atoms with Gasteiger partial charge in [-0.05, 0) is 36.6 Å². The number of aromatic nitrogens is 2. The number of aryl methyl sites for hydroxylation is 2. The Bertz CT molecular complexity index is 836. The second kappa shape index (κ2) is 6.48. The predicted octanol–water partition coefficient (Wildman–Crippen LogP) is 3.80. The Hall–Kier alpha value is -2.88. The highest BCUT2D eigenvalue weighted by molar-refractivity contribution is 6.04. The smallest absolute Gasteiger partial charge is 0.257 e. The van der Waals surface area contributed by atoms with Crippen LogP contribution in [-0.4, -0.2) is 15.7 Å². The third-order valence-corrected chi connectivity index (χ3v) is 3.87. The summed E-state index contributed by atoms with van der Waals surface area (Å²) in [7, 11) is 0. The maximum Gasteiger partial charge on any atom is 0.257 e. The van der Waals surface area contributed by atoms with Crippen molar-refractivity contribution < 1.29 is 4.79 Å². The van der Waals surface area contributed by atoms with E-state index in [-0.39, 0.29) is 5.91 Å². The van der Waals surface area contributed by atoms with Gasteiger partial charge in [-0.1, -0.05) is 42.5 Å². The van der Waals surface area contributed by atoms with Gasteiger partial charge in [-0.15, -0.1) is 0 Å². The van der Waals surface area contributed by atoms with E-state index in [4.69, 9.17) is 0 Å². The van der Waals surface area contributed by atoms with Crippen LogP contribution in [0.1, 0.15) is 27.0 Å². The van der Waals surface area contributed by atoms with Gasteiger partial charge in [0.2, 0.25) is 0 Å². The first-order valence-corrected chi connectivity index (χ1v) is 7.58. The van der Waals surface area contributed by atoms with Crippen LogP contribution in [0.3, 0.4) is 0 Å². The summed E-state index contributed by atoms with van der Waals surface area (Å²) < 4.78 is 1.83. The largest absolute Gasteiger partial charge is 0.305 e. The number of nitrogens with zero attached hydrogens (tertiary/aromatic N) is 2. The van der Waals surface area contributed by atoms with Gasteiger partial charge in [0.05, 0.1) is 6.54 Å². The van der Waals surface area contributed by atoms with Crippen molar-refractivity contribution in [1.29, 1.82) is 0 Å². The summed E-state index contributed by atoms with van der Waals surface area (Å²) in [5, 5.41) is 7.28. The second-order valence-corrected chi connectivity index (χ2v) is 5.59. The first-order valence-electron chi connectivity index (χ1n) is 7.58. The number of hydrogen-bond acceptors (Lipinski definition) is 2. The zero-order chi connectivity index (χ0) is 16.2. The number of carbonyl (C=O) groups is 1. The van der Waals surface area contributed by atoms with Crippen LogP contribution < -0.4 is 5.32 Å². The van der Waals surface area contributed by atoms with Gasteiger partial charge in [0.15, 0.2) is 5.82 Å². The fraction of sp³-hybridized carbons (Fsp3) is 0.158. The van der Waals surface area contributed by atoms with E-state index in [2.05, 4.69) is 29.5 Å². The first kappa shape index (κ1) is 15.0. The Balaban J connectivity index is 1.72. The molecule has 0 spiro atoms. The number of benzene rings is 2. The lowest BCUT2D eigenvalue weighted by Gasteiger charge is -2.06. The Morgan fingerprint density at radius 3 is 2.43 bits per heavy atom. The van der Waals surface area contributed by atoms with Crippen LogP contribution in [0.15, 0.2) is 60.8 Å². The molecule has 1 heterocycles. The van der Waals surface area contributed by atoms with E-state index in [0.717, 1.165) is 5.56 Å². The molecule has 1 aromatic heterocycles. The molecule has 0 unspecified atom stereocenters. The monoisotopic (exact) mass is 305 g/mol. The molecular formula is C19H19N3O. The van der Waals surface area contributed by atoms with Crippen molar-refractivity contribution in [1.82, 2.24) is 9.78 Å². The fourth-order valence-electron chi connectivity index (χ4n) is 2.49. The van der Waals surface area contributed by atoms with Gasteiger partial charge in [0.25, 0.3) is 5.91 Å². The van der Waals surface area contributed by atoms with Crippen molar-refractivity contribution in [3.05, 3.63) is 83.0 Å². The van der Waals surface area contributed by atoms with E-state index in [1.165, 1.54) is 11.1 Å². The summed E-state index contributed by atoms with van der Waals surface area (Å²) in [6.45, 7) is 4.69. The normalized spacial score (nSPS) is 10.5.